The predicted octanol–water partition coefficient (Wildman–Crippen LogP) is 2.20. The maximum atomic E-state index is 11.8. The predicted molar refractivity (Wildman–Crippen MR) is 98.0 cm³/mol. The summed E-state index contributed by atoms with van der Waals surface area (Å²) in [7, 11) is -3.68. The molecule has 1 aliphatic rings. The number of nitrogens with one attached hydrogen (secondary N) is 2. The Kier molecular flexibility index (Phi) is 5.43. The number of rotatable bonds is 6. The molecule has 7 nitrogen and oxygen atoms in total. The summed E-state index contributed by atoms with van der Waals surface area (Å²) in [5, 5.41) is 11.2. The van der Waals surface area contributed by atoms with E-state index in [1.54, 1.807) is 12.1 Å². The van der Waals surface area contributed by atoms with Gasteiger partial charge in [0.2, 0.25) is 10.0 Å². The molecule has 1 fully saturated rings. The Hall–Kier alpha value is -2.58. The summed E-state index contributed by atoms with van der Waals surface area (Å²) in [4.78, 5) is 11.9. The number of ether oxygens (including phenoxy) is 1. The maximum Gasteiger partial charge on any atom is 0.407 e. The van der Waals surface area contributed by atoms with Gasteiger partial charge >= 0.3 is 6.09 Å². The lowest BCUT2D eigenvalue weighted by Crippen LogP contribution is -2.49. The second kappa shape index (κ2) is 7.76. The number of carbonyl (C=O) groups excluding carboxylic acids is 1. The van der Waals surface area contributed by atoms with Crippen molar-refractivity contribution in [3.8, 4) is 0 Å². The zero-order valence-electron chi connectivity index (χ0n) is 14.1. The molecule has 0 unspecified atom stereocenters. The van der Waals surface area contributed by atoms with Crippen LogP contribution in [0.5, 0.6) is 0 Å². The SMILES string of the molecule is NS(=O)(=O)c1ccc(NC2CC(NC(=O)OCc3ccccc3)C2)cc1. The molecular formula is C18H21N3O4S. The Balaban J connectivity index is 1.38. The first kappa shape index (κ1) is 18.2. The first-order valence-corrected chi connectivity index (χ1v) is 9.81. The van der Waals surface area contributed by atoms with Crippen molar-refractivity contribution in [1.82, 2.24) is 5.32 Å². The second-order valence-electron chi connectivity index (χ2n) is 6.29. The number of nitrogens with two attached hydrogens (primary N) is 1. The lowest BCUT2D eigenvalue weighted by Gasteiger charge is -2.36. The highest BCUT2D eigenvalue weighted by Crippen LogP contribution is 2.25. The van der Waals surface area contributed by atoms with Crippen molar-refractivity contribution in [1.29, 1.82) is 0 Å². The van der Waals surface area contributed by atoms with Gasteiger partial charge in [-0.3, -0.25) is 0 Å². The number of primary sulfonamides is 1. The summed E-state index contributed by atoms with van der Waals surface area (Å²) in [5.74, 6) is 0. The molecule has 2 aromatic rings. The van der Waals surface area contributed by atoms with Crippen LogP contribution in [0.25, 0.3) is 0 Å². The van der Waals surface area contributed by atoms with Gasteiger partial charge < -0.3 is 15.4 Å². The summed E-state index contributed by atoms with van der Waals surface area (Å²) in [6.07, 6.45) is 1.13. The van der Waals surface area contributed by atoms with Gasteiger partial charge in [-0.1, -0.05) is 30.3 Å². The number of anilines is 1. The first-order valence-electron chi connectivity index (χ1n) is 8.27. The van der Waals surface area contributed by atoms with E-state index in [0.29, 0.717) is 0 Å². The molecule has 4 N–H and O–H groups in total. The third kappa shape index (κ3) is 4.96. The Labute approximate surface area is 152 Å². The highest BCUT2D eigenvalue weighted by atomic mass is 32.2. The van der Waals surface area contributed by atoms with Gasteiger partial charge in [-0.2, -0.15) is 0 Å². The van der Waals surface area contributed by atoms with Crippen LogP contribution in [-0.2, 0) is 21.4 Å². The molecule has 1 aliphatic carbocycles. The molecule has 0 bridgehead atoms. The van der Waals surface area contributed by atoms with Gasteiger partial charge in [-0.25, -0.2) is 18.4 Å². The van der Waals surface area contributed by atoms with Gasteiger partial charge in [0, 0.05) is 17.8 Å². The van der Waals surface area contributed by atoms with Crippen LogP contribution in [0.2, 0.25) is 0 Å². The minimum absolute atomic E-state index is 0.0690. The second-order valence-corrected chi connectivity index (χ2v) is 7.85. The summed E-state index contributed by atoms with van der Waals surface area (Å²) < 4.78 is 27.7. The normalized spacial score (nSPS) is 19.3. The molecule has 0 heterocycles. The van der Waals surface area contributed by atoms with Crippen LogP contribution in [0.4, 0.5) is 10.5 Å². The average molecular weight is 375 g/mol. The molecule has 0 spiro atoms. The summed E-state index contributed by atoms with van der Waals surface area (Å²) in [6.45, 7) is 0.247. The zero-order valence-corrected chi connectivity index (χ0v) is 14.9. The van der Waals surface area contributed by atoms with E-state index in [0.717, 1.165) is 24.1 Å². The molecule has 3 rings (SSSR count). The lowest BCUT2D eigenvalue weighted by molar-refractivity contribution is 0.129. The number of alkyl carbamates (subject to hydrolysis) is 1. The van der Waals surface area contributed by atoms with E-state index in [-0.39, 0.29) is 23.6 Å². The van der Waals surface area contributed by atoms with Gasteiger partial charge in [-0.05, 0) is 42.7 Å². The van der Waals surface area contributed by atoms with E-state index in [9.17, 15) is 13.2 Å². The van der Waals surface area contributed by atoms with Crippen molar-refractivity contribution in [2.75, 3.05) is 5.32 Å². The van der Waals surface area contributed by atoms with E-state index in [4.69, 9.17) is 9.88 Å². The minimum Gasteiger partial charge on any atom is -0.445 e. The molecule has 1 amide bonds. The summed E-state index contributed by atoms with van der Waals surface area (Å²) >= 11 is 0. The van der Waals surface area contributed by atoms with Gasteiger partial charge in [-0.15, -0.1) is 0 Å². The molecule has 0 aliphatic heterocycles. The minimum atomic E-state index is -3.68. The van der Waals surface area contributed by atoms with Crippen LogP contribution in [-0.4, -0.2) is 26.6 Å². The zero-order chi connectivity index (χ0) is 18.6. The number of sulfonamides is 1. The Morgan fingerprint density at radius 3 is 2.31 bits per heavy atom. The van der Waals surface area contributed by atoms with E-state index in [1.807, 2.05) is 30.3 Å². The molecular weight excluding hydrogens is 354 g/mol. The van der Waals surface area contributed by atoms with Crippen molar-refractivity contribution >= 4 is 21.8 Å². The Morgan fingerprint density at radius 1 is 1.04 bits per heavy atom. The smallest absolute Gasteiger partial charge is 0.407 e. The standard InChI is InChI=1S/C18H21N3O4S/c19-26(23,24)17-8-6-14(7-9-17)20-15-10-16(11-15)21-18(22)25-12-13-4-2-1-3-5-13/h1-9,15-16,20H,10-12H2,(H,21,22)(H2,19,23,24). The molecule has 0 radical (unpaired) electrons. The van der Waals surface area contributed by atoms with Crippen molar-refractivity contribution in [3.63, 3.8) is 0 Å². The van der Waals surface area contributed by atoms with E-state index >= 15 is 0 Å². The number of carbonyl (C=O) groups is 1. The molecule has 26 heavy (non-hydrogen) atoms. The van der Waals surface area contributed by atoms with E-state index in [2.05, 4.69) is 10.6 Å². The van der Waals surface area contributed by atoms with Gasteiger partial charge in [0.25, 0.3) is 0 Å². The van der Waals surface area contributed by atoms with Crippen molar-refractivity contribution in [3.05, 3.63) is 60.2 Å². The van der Waals surface area contributed by atoms with Crippen molar-refractivity contribution in [2.24, 2.45) is 5.14 Å². The molecule has 0 atom stereocenters. The molecule has 0 aromatic heterocycles. The third-order valence-corrected chi connectivity index (χ3v) is 5.16. The molecule has 2 aromatic carbocycles. The van der Waals surface area contributed by atoms with E-state index in [1.165, 1.54) is 12.1 Å². The van der Waals surface area contributed by atoms with Crippen LogP contribution in [0.15, 0.2) is 59.5 Å². The van der Waals surface area contributed by atoms with Gasteiger partial charge in [0.05, 0.1) is 4.90 Å². The third-order valence-electron chi connectivity index (χ3n) is 4.23. The number of hydrogen-bond acceptors (Lipinski definition) is 5. The van der Waals surface area contributed by atoms with Crippen LogP contribution in [0, 0.1) is 0 Å². The highest BCUT2D eigenvalue weighted by molar-refractivity contribution is 7.89. The number of amides is 1. The lowest BCUT2D eigenvalue weighted by atomic mass is 9.86. The monoisotopic (exact) mass is 375 g/mol. The largest absolute Gasteiger partial charge is 0.445 e. The van der Waals surface area contributed by atoms with Crippen LogP contribution >= 0.6 is 0 Å². The fraction of sp³-hybridized carbons (Fsp3) is 0.278. The number of benzene rings is 2. The molecule has 1 saturated carbocycles. The van der Waals surface area contributed by atoms with E-state index < -0.39 is 16.1 Å². The average Bonchev–Trinajstić information content (AvgIpc) is 2.58. The molecule has 8 heteroatoms. The van der Waals surface area contributed by atoms with Crippen LogP contribution < -0.4 is 15.8 Å². The fourth-order valence-electron chi connectivity index (χ4n) is 2.76. The topological polar surface area (TPSA) is 111 Å². The van der Waals surface area contributed by atoms with Crippen molar-refractivity contribution < 1.29 is 17.9 Å². The maximum absolute atomic E-state index is 11.8. The quantitative estimate of drug-likeness (QED) is 0.717. The van der Waals surface area contributed by atoms with Crippen LogP contribution in [0.1, 0.15) is 18.4 Å². The highest BCUT2D eigenvalue weighted by Gasteiger charge is 2.30. The Bertz CT molecular complexity index is 848. The first-order chi connectivity index (χ1) is 12.4. The van der Waals surface area contributed by atoms with Gasteiger partial charge in [0.1, 0.15) is 6.61 Å². The molecule has 0 saturated heterocycles. The summed E-state index contributed by atoms with van der Waals surface area (Å²) in [6, 6.07) is 16.1. The number of hydrogen-bond donors (Lipinski definition) is 3. The Morgan fingerprint density at radius 2 is 1.69 bits per heavy atom. The fourth-order valence-corrected chi connectivity index (χ4v) is 3.28. The molecule has 138 valence electrons. The van der Waals surface area contributed by atoms with Gasteiger partial charge in [0.15, 0.2) is 0 Å². The van der Waals surface area contributed by atoms with Crippen LogP contribution in [0.3, 0.4) is 0 Å². The van der Waals surface area contributed by atoms with Crippen molar-refractivity contribution in [2.45, 2.75) is 36.4 Å². The summed E-state index contributed by atoms with van der Waals surface area (Å²) in [5.41, 5.74) is 1.76.